The average molecular weight is 230 g/mol. The zero-order chi connectivity index (χ0) is 12.4. The second-order valence-electron chi connectivity index (χ2n) is 4.38. The van der Waals surface area contributed by atoms with E-state index in [-0.39, 0.29) is 11.8 Å². The molecule has 0 heterocycles. The molecule has 4 heteroatoms. The first kappa shape index (κ1) is 15.4. The molecule has 0 spiro atoms. The van der Waals surface area contributed by atoms with Crippen LogP contribution in [-0.4, -0.2) is 38.8 Å². The fourth-order valence-corrected chi connectivity index (χ4v) is 1.33. The second kappa shape index (κ2) is 9.60. The number of rotatable bonds is 9. The van der Waals surface area contributed by atoms with E-state index in [2.05, 4.69) is 10.6 Å². The van der Waals surface area contributed by atoms with E-state index in [1.165, 1.54) is 0 Å². The number of carbonyl (C=O) groups is 1. The molecular formula is C12H26N2O2. The van der Waals surface area contributed by atoms with Crippen LogP contribution in [0.1, 0.15) is 33.6 Å². The lowest BCUT2D eigenvalue weighted by molar-refractivity contribution is -0.124. The summed E-state index contributed by atoms with van der Waals surface area (Å²) in [5.41, 5.74) is 0. The number of ether oxygens (including phenoxy) is 1. The molecule has 1 unspecified atom stereocenters. The minimum atomic E-state index is 0.0388. The van der Waals surface area contributed by atoms with Crippen LogP contribution in [0.4, 0.5) is 0 Å². The molecule has 0 rings (SSSR count). The minimum absolute atomic E-state index is 0.0388. The van der Waals surface area contributed by atoms with Gasteiger partial charge >= 0.3 is 0 Å². The lowest BCUT2D eigenvalue weighted by atomic mass is 10.1. The Morgan fingerprint density at radius 1 is 1.25 bits per heavy atom. The maximum atomic E-state index is 11.5. The van der Waals surface area contributed by atoms with Crippen LogP contribution in [0.5, 0.6) is 0 Å². The van der Waals surface area contributed by atoms with Gasteiger partial charge in [-0.25, -0.2) is 0 Å². The SMILES string of the molecule is CNCC(C)C(=O)NCCCCOC(C)C. The molecule has 1 atom stereocenters. The van der Waals surface area contributed by atoms with Gasteiger partial charge in [0.15, 0.2) is 0 Å². The van der Waals surface area contributed by atoms with Gasteiger partial charge in [-0.3, -0.25) is 4.79 Å². The quantitative estimate of drug-likeness (QED) is 0.584. The van der Waals surface area contributed by atoms with Crippen molar-refractivity contribution in [1.82, 2.24) is 10.6 Å². The molecule has 0 aliphatic heterocycles. The van der Waals surface area contributed by atoms with E-state index in [0.717, 1.165) is 32.5 Å². The van der Waals surface area contributed by atoms with Crippen LogP contribution < -0.4 is 10.6 Å². The molecule has 0 bridgehead atoms. The van der Waals surface area contributed by atoms with Gasteiger partial charge in [-0.05, 0) is 33.7 Å². The molecule has 0 aliphatic rings. The molecule has 0 fully saturated rings. The van der Waals surface area contributed by atoms with Crippen molar-refractivity contribution in [1.29, 1.82) is 0 Å². The fourth-order valence-electron chi connectivity index (χ4n) is 1.33. The standard InChI is InChI=1S/C12H26N2O2/c1-10(2)16-8-6-5-7-14-12(15)11(3)9-13-4/h10-11,13H,5-9H2,1-4H3,(H,14,15). The predicted molar refractivity (Wildman–Crippen MR) is 66.4 cm³/mol. The lowest BCUT2D eigenvalue weighted by Crippen LogP contribution is -2.34. The molecule has 0 saturated carbocycles. The van der Waals surface area contributed by atoms with E-state index in [1.54, 1.807) is 0 Å². The first-order valence-electron chi connectivity index (χ1n) is 6.11. The maximum absolute atomic E-state index is 11.5. The van der Waals surface area contributed by atoms with Crippen molar-refractivity contribution in [2.24, 2.45) is 5.92 Å². The normalized spacial score (nSPS) is 12.8. The average Bonchev–Trinajstić information content (AvgIpc) is 2.22. The van der Waals surface area contributed by atoms with Crippen molar-refractivity contribution in [3.05, 3.63) is 0 Å². The Balaban J connectivity index is 3.34. The third-order valence-corrected chi connectivity index (χ3v) is 2.28. The highest BCUT2D eigenvalue weighted by atomic mass is 16.5. The number of nitrogens with one attached hydrogen (secondary N) is 2. The summed E-state index contributed by atoms with van der Waals surface area (Å²) in [6, 6.07) is 0. The van der Waals surface area contributed by atoms with Gasteiger partial charge in [-0.2, -0.15) is 0 Å². The Kier molecular flexibility index (Phi) is 9.24. The molecular weight excluding hydrogens is 204 g/mol. The Morgan fingerprint density at radius 3 is 2.50 bits per heavy atom. The first-order valence-corrected chi connectivity index (χ1v) is 6.11. The van der Waals surface area contributed by atoms with E-state index >= 15 is 0 Å². The molecule has 0 saturated heterocycles. The Labute approximate surface area is 99.1 Å². The van der Waals surface area contributed by atoms with Gasteiger partial charge in [0.05, 0.1) is 6.10 Å². The third kappa shape index (κ3) is 8.68. The number of hydrogen-bond donors (Lipinski definition) is 2. The summed E-state index contributed by atoms with van der Waals surface area (Å²) in [5, 5.41) is 5.91. The number of amides is 1. The highest BCUT2D eigenvalue weighted by molar-refractivity contribution is 5.78. The summed E-state index contributed by atoms with van der Waals surface area (Å²) < 4.78 is 5.41. The van der Waals surface area contributed by atoms with Crippen molar-refractivity contribution in [2.45, 2.75) is 39.7 Å². The van der Waals surface area contributed by atoms with Gasteiger partial charge in [0.1, 0.15) is 0 Å². The first-order chi connectivity index (χ1) is 7.57. The van der Waals surface area contributed by atoms with E-state index in [4.69, 9.17) is 4.74 Å². The van der Waals surface area contributed by atoms with Crippen LogP contribution in [0, 0.1) is 5.92 Å². The minimum Gasteiger partial charge on any atom is -0.379 e. The van der Waals surface area contributed by atoms with Crippen molar-refractivity contribution in [2.75, 3.05) is 26.7 Å². The highest BCUT2D eigenvalue weighted by Crippen LogP contribution is 1.95. The molecule has 0 aliphatic carbocycles. The van der Waals surface area contributed by atoms with E-state index in [1.807, 2.05) is 27.8 Å². The van der Waals surface area contributed by atoms with Gasteiger partial charge in [0.25, 0.3) is 0 Å². The largest absolute Gasteiger partial charge is 0.379 e. The van der Waals surface area contributed by atoms with Crippen molar-refractivity contribution in [3.63, 3.8) is 0 Å². The lowest BCUT2D eigenvalue weighted by Gasteiger charge is -2.11. The molecule has 4 nitrogen and oxygen atoms in total. The zero-order valence-electron chi connectivity index (χ0n) is 11.0. The Hall–Kier alpha value is -0.610. The predicted octanol–water partition coefficient (Wildman–Crippen LogP) is 1.16. The maximum Gasteiger partial charge on any atom is 0.224 e. The van der Waals surface area contributed by atoms with Gasteiger partial charge in [0.2, 0.25) is 5.91 Å². The van der Waals surface area contributed by atoms with Crippen LogP contribution in [-0.2, 0) is 9.53 Å². The summed E-state index contributed by atoms with van der Waals surface area (Å²) in [5.74, 6) is 0.163. The van der Waals surface area contributed by atoms with Crippen LogP contribution in [0.2, 0.25) is 0 Å². The van der Waals surface area contributed by atoms with Gasteiger partial charge in [-0.1, -0.05) is 6.92 Å². The van der Waals surface area contributed by atoms with Crippen molar-refractivity contribution < 1.29 is 9.53 Å². The highest BCUT2D eigenvalue weighted by Gasteiger charge is 2.10. The van der Waals surface area contributed by atoms with Gasteiger partial charge in [-0.15, -0.1) is 0 Å². The van der Waals surface area contributed by atoms with Crippen LogP contribution in [0.3, 0.4) is 0 Å². The summed E-state index contributed by atoms with van der Waals surface area (Å²) >= 11 is 0. The van der Waals surface area contributed by atoms with Crippen molar-refractivity contribution >= 4 is 5.91 Å². The van der Waals surface area contributed by atoms with E-state index in [9.17, 15) is 4.79 Å². The van der Waals surface area contributed by atoms with Gasteiger partial charge < -0.3 is 15.4 Å². The monoisotopic (exact) mass is 230 g/mol. The topological polar surface area (TPSA) is 50.4 Å². The fraction of sp³-hybridized carbons (Fsp3) is 0.917. The molecule has 2 N–H and O–H groups in total. The summed E-state index contributed by atoms with van der Waals surface area (Å²) in [6.45, 7) is 8.23. The molecule has 0 aromatic heterocycles. The summed E-state index contributed by atoms with van der Waals surface area (Å²) in [4.78, 5) is 11.5. The van der Waals surface area contributed by atoms with E-state index < -0.39 is 0 Å². The zero-order valence-corrected chi connectivity index (χ0v) is 11.0. The summed E-state index contributed by atoms with van der Waals surface area (Å²) in [7, 11) is 1.85. The van der Waals surface area contributed by atoms with Gasteiger partial charge in [0, 0.05) is 25.6 Å². The Bertz CT molecular complexity index is 184. The molecule has 96 valence electrons. The molecule has 0 aromatic carbocycles. The molecule has 1 amide bonds. The van der Waals surface area contributed by atoms with Crippen LogP contribution in [0.15, 0.2) is 0 Å². The molecule has 0 radical (unpaired) electrons. The van der Waals surface area contributed by atoms with E-state index in [0.29, 0.717) is 6.10 Å². The second-order valence-corrected chi connectivity index (χ2v) is 4.38. The smallest absolute Gasteiger partial charge is 0.224 e. The molecule has 16 heavy (non-hydrogen) atoms. The summed E-state index contributed by atoms with van der Waals surface area (Å²) in [6.07, 6.45) is 2.27. The third-order valence-electron chi connectivity index (χ3n) is 2.28. The number of unbranched alkanes of at least 4 members (excludes halogenated alkanes) is 1. The number of carbonyl (C=O) groups excluding carboxylic acids is 1. The number of hydrogen-bond acceptors (Lipinski definition) is 3. The van der Waals surface area contributed by atoms with Crippen LogP contribution in [0.25, 0.3) is 0 Å². The Morgan fingerprint density at radius 2 is 1.94 bits per heavy atom. The van der Waals surface area contributed by atoms with Crippen molar-refractivity contribution in [3.8, 4) is 0 Å². The molecule has 0 aromatic rings. The van der Waals surface area contributed by atoms with Crippen LogP contribution >= 0.6 is 0 Å².